The van der Waals surface area contributed by atoms with Crippen LogP contribution in [0.3, 0.4) is 0 Å². The van der Waals surface area contributed by atoms with E-state index in [0.717, 1.165) is 148 Å². The molecule has 0 saturated carbocycles. The van der Waals surface area contributed by atoms with Crippen molar-refractivity contribution in [3.63, 3.8) is 0 Å². The number of rotatable bonds is 74. The quantitative estimate of drug-likeness (QED) is 0.0169. The number of carbonyl (C=O) groups excluding carboxylic acids is 4. The summed E-state index contributed by atoms with van der Waals surface area (Å²) in [5, 5.41) is 10.6. The highest BCUT2D eigenvalue weighted by Crippen LogP contribution is 2.45. The fourth-order valence-corrected chi connectivity index (χ4v) is 11.9. The van der Waals surface area contributed by atoms with Crippen LogP contribution in [0.4, 0.5) is 0 Å². The van der Waals surface area contributed by atoms with E-state index >= 15 is 0 Å². The van der Waals surface area contributed by atoms with Crippen molar-refractivity contribution in [3.05, 3.63) is 122 Å². The molecule has 0 amide bonds. The Balaban J connectivity index is 5.43. The zero-order valence-corrected chi connectivity index (χ0v) is 65.8. The molecule has 5 unspecified atom stereocenters. The molecule has 0 bridgehead atoms. The Bertz CT molecular complexity index is 2410. The summed E-state index contributed by atoms with van der Waals surface area (Å²) in [4.78, 5) is 72.9. The molecule has 0 radical (unpaired) electrons. The van der Waals surface area contributed by atoms with Gasteiger partial charge in [0.15, 0.2) is 12.2 Å². The van der Waals surface area contributed by atoms with Crippen LogP contribution >= 0.6 is 15.6 Å². The summed E-state index contributed by atoms with van der Waals surface area (Å²) >= 11 is 0. The largest absolute Gasteiger partial charge is 0.472 e. The normalized spacial score (nSPS) is 14.5. The van der Waals surface area contributed by atoms with Crippen molar-refractivity contribution in [1.82, 2.24) is 0 Å². The third kappa shape index (κ3) is 73.8. The Hall–Kier alpha value is -4.54. The summed E-state index contributed by atoms with van der Waals surface area (Å²) < 4.78 is 68.5. The Morgan fingerprint density at radius 2 is 0.529 bits per heavy atom. The maximum absolute atomic E-state index is 13.1. The Morgan fingerprint density at radius 1 is 0.284 bits per heavy atom. The van der Waals surface area contributed by atoms with Crippen LogP contribution in [0, 0.1) is 0 Å². The molecule has 586 valence electrons. The van der Waals surface area contributed by atoms with E-state index in [9.17, 15) is 43.2 Å². The first kappa shape index (κ1) is 97.5. The zero-order valence-electron chi connectivity index (χ0n) is 64.0. The number of aliphatic hydroxyl groups excluding tert-OH is 1. The van der Waals surface area contributed by atoms with Gasteiger partial charge in [-0.15, -0.1) is 0 Å². The molecule has 0 aliphatic rings. The summed E-state index contributed by atoms with van der Waals surface area (Å²) in [6.07, 6.45) is 81.9. The van der Waals surface area contributed by atoms with Gasteiger partial charge in [0.05, 0.1) is 26.4 Å². The van der Waals surface area contributed by atoms with E-state index in [1.54, 1.807) is 0 Å². The van der Waals surface area contributed by atoms with E-state index in [-0.39, 0.29) is 25.7 Å². The molecule has 19 heteroatoms. The molecule has 0 saturated heterocycles. The second kappa shape index (κ2) is 74.7. The highest BCUT2D eigenvalue weighted by atomic mass is 31.2. The third-order valence-corrected chi connectivity index (χ3v) is 18.3. The smallest absolute Gasteiger partial charge is 0.462 e. The Labute approximate surface area is 619 Å². The first-order chi connectivity index (χ1) is 49.7. The molecule has 0 aliphatic carbocycles. The molecule has 0 rings (SSSR count). The number of ether oxygens (including phenoxy) is 4. The van der Waals surface area contributed by atoms with Crippen LogP contribution in [0.25, 0.3) is 0 Å². The predicted molar refractivity (Wildman–Crippen MR) is 418 cm³/mol. The predicted octanol–water partition coefficient (Wildman–Crippen LogP) is 23.1. The highest BCUT2D eigenvalue weighted by Gasteiger charge is 2.30. The highest BCUT2D eigenvalue weighted by molar-refractivity contribution is 7.47. The monoisotopic (exact) mass is 1470 g/mol. The van der Waals surface area contributed by atoms with Crippen LogP contribution in [0.2, 0.25) is 0 Å². The molecule has 0 aromatic carbocycles. The summed E-state index contributed by atoms with van der Waals surface area (Å²) in [6.45, 7) is 4.61. The number of hydrogen-bond donors (Lipinski definition) is 3. The van der Waals surface area contributed by atoms with Crippen LogP contribution < -0.4 is 0 Å². The number of unbranched alkanes of at least 4 members (excludes halogenated alkanes) is 28. The van der Waals surface area contributed by atoms with Crippen molar-refractivity contribution in [1.29, 1.82) is 0 Å². The van der Waals surface area contributed by atoms with Gasteiger partial charge in [-0.3, -0.25) is 37.3 Å². The lowest BCUT2D eigenvalue weighted by atomic mass is 10.0. The minimum atomic E-state index is -5.00. The molecule has 0 fully saturated rings. The number of hydrogen-bond acceptors (Lipinski definition) is 15. The van der Waals surface area contributed by atoms with Crippen molar-refractivity contribution < 1.29 is 80.2 Å². The molecule has 0 aliphatic heterocycles. The van der Waals surface area contributed by atoms with E-state index in [0.29, 0.717) is 32.1 Å². The van der Waals surface area contributed by atoms with Crippen molar-refractivity contribution in [3.8, 4) is 0 Å². The second-order valence-corrected chi connectivity index (χ2v) is 29.2. The Kier molecular flexibility index (Phi) is 71.4. The van der Waals surface area contributed by atoms with Crippen LogP contribution in [-0.4, -0.2) is 96.7 Å². The van der Waals surface area contributed by atoms with Gasteiger partial charge in [0.2, 0.25) is 0 Å². The lowest BCUT2D eigenvalue weighted by Crippen LogP contribution is -2.30. The van der Waals surface area contributed by atoms with E-state index in [2.05, 4.69) is 131 Å². The van der Waals surface area contributed by atoms with Gasteiger partial charge in [-0.25, -0.2) is 9.13 Å². The summed E-state index contributed by atoms with van der Waals surface area (Å²) in [5.41, 5.74) is 0. The molecule has 5 atom stereocenters. The molecule has 0 spiro atoms. The number of esters is 4. The fourth-order valence-electron chi connectivity index (χ4n) is 10.4. The van der Waals surface area contributed by atoms with Crippen molar-refractivity contribution >= 4 is 39.5 Å². The zero-order chi connectivity index (χ0) is 74.6. The summed E-state index contributed by atoms with van der Waals surface area (Å²) in [5.74, 6) is -2.29. The van der Waals surface area contributed by atoms with E-state index in [1.165, 1.54) is 89.9 Å². The average molecular weight is 1470 g/mol. The molecular weight excluding hydrogens is 1330 g/mol. The molecule has 102 heavy (non-hydrogen) atoms. The van der Waals surface area contributed by atoms with Gasteiger partial charge in [0, 0.05) is 25.7 Å². The van der Waals surface area contributed by atoms with E-state index in [1.807, 2.05) is 18.2 Å². The summed E-state index contributed by atoms with van der Waals surface area (Å²) in [7, 11) is -9.98. The van der Waals surface area contributed by atoms with Gasteiger partial charge < -0.3 is 33.8 Å². The van der Waals surface area contributed by atoms with Gasteiger partial charge in [-0.2, -0.15) is 0 Å². The number of aliphatic hydroxyl groups is 1. The van der Waals surface area contributed by atoms with Gasteiger partial charge >= 0.3 is 39.5 Å². The second-order valence-electron chi connectivity index (χ2n) is 26.3. The Morgan fingerprint density at radius 3 is 0.863 bits per heavy atom. The van der Waals surface area contributed by atoms with Gasteiger partial charge in [0.25, 0.3) is 0 Å². The van der Waals surface area contributed by atoms with Crippen LogP contribution in [0.15, 0.2) is 122 Å². The van der Waals surface area contributed by atoms with E-state index in [4.69, 9.17) is 37.0 Å². The van der Waals surface area contributed by atoms with E-state index < -0.39 is 97.5 Å². The molecule has 17 nitrogen and oxygen atoms in total. The lowest BCUT2D eigenvalue weighted by molar-refractivity contribution is -0.161. The van der Waals surface area contributed by atoms with Crippen molar-refractivity contribution in [2.45, 2.75) is 341 Å². The lowest BCUT2D eigenvalue weighted by Gasteiger charge is -2.21. The SMILES string of the molecule is CC/C=C\C/C=C\C/C=C\C/C=C\C/C=C\C/C=C\CCC(=O)OCC(COP(=O)(O)OCC(O)COP(=O)(O)OCC(COC(=O)CCCCCCC/C=C\C/C=C\CCCCC)OC(=O)CCCCCCCCCCCCCCC)OC(=O)CCCCCCC/C=C\C/C=C\CCCCC. The summed E-state index contributed by atoms with van der Waals surface area (Å²) in [6, 6.07) is 0. The maximum atomic E-state index is 13.1. The molecular formula is C83H142O17P2. The van der Waals surface area contributed by atoms with Crippen molar-refractivity contribution in [2.75, 3.05) is 39.6 Å². The van der Waals surface area contributed by atoms with Gasteiger partial charge in [0.1, 0.15) is 19.3 Å². The average Bonchev–Trinajstić information content (AvgIpc) is 0.924. The van der Waals surface area contributed by atoms with Crippen molar-refractivity contribution in [2.24, 2.45) is 0 Å². The number of phosphoric ester groups is 2. The third-order valence-electron chi connectivity index (χ3n) is 16.4. The first-order valence-corrected chi connectivity index (χ1v) is 42.8. The molecule has 3 N–H and O–H groups in total. The molecule has 0 aromatic rings. The topological polar surface area (TPSA) is 237 Å². The number of phosphoric acid groups is 2. The molecule has 0 heterocycles. The minimum absolute atomic E-state index is 0.0312. The fraction of sp³-hybridized carbons (Fsp3) is 0.711. The number of allylic oxidation sites excluding steroid dienone is 20. The van der Waals surface area contributed by atoms with Crippen LogP contribution in [0.1, 0.15) is 323 Å². The van der Waals surface area contributed by atoms with Crippen LogP contribution in [0.5, 0.6) is 0 Å². The maximum Gasteiger partial charge on any atom is 0.472 e. The van der Waals surface area contributed by atoms with Crippen LogP contribution in [-0.2, 0) is 65.4 Å². The van der Waals surface area contributed by atoms with Gasteiger partial charge in [-0.1, -0.05) is 290 Å². The number of carbonyl (C=O) groups is 4. The molecule has 0 aromatic heterocycles. The minimum Gasteiger partial charge on any atom is -0.462 e. The van der Waals surface area contributed by atoms with Gasteiger partial charge in [-0.05, 0) is 128 Å². The first-order valence-electron chi connectivity index (χ1n) is 39.8. The standard InChI is InChI=1S/C83H142O17P2/c1-5-9-13-17-21-25-29-33-36-37-38-39-42-45-48-52-56-60-64-68-81(86)94-74-79(100-83(88)70-66-62-58-54-50-46-41-35-31-27-23-19-15-11-7-3)76-98-102(91,92)96-72-77(84)71-95-101(89,90)97-75-78(99-82(87)69-65-61-57-53-49-43-32-28-24-20-16-12-8-4)73-93-80(85)67-63-59-55-51-47-44-40-34-30-26-22-18-14-10-6-2/h9,13,21-23,25-27,33-36,38-41,45,48,56,60,77-79,84H,5-8,10-12,14-20,24,28-32,37,42-44,46-47,49-55,57-59,61-76H2,1-4H3,(H,89,90)(H,91,92)/b13-9-,25-21-,26-22-,27-23-,36-33-,39-38-,40-34-,41-35-,48-45-,60-56-.